The van der Waals surface area contributed by atoms with Gasteiger partial charge in [0.25, 0.3) is 0 Å². The molecule has 0 unspecified atom stereocenters. The number of aromatic nitrogens is 2. The second-order valence-electron chi connectivity index (χ2n) is 6.27. The van der Waals surface area contributed by atoms with Gasteiger partial charge in [0.2, 0.25) is 5.91 Å². The van der Waals surface area contributed by atoms with Crippen LogP contribution in [0.4, 0.5) is 0 Å². The van der Waals surface area contributed by atoms with Gasteiger partial charge < -0.3 is 10.4 Å². The number of carbonyl (C=O) groups is 2. The zero-order chi connectivity index (χ0) is 18.4. The van der Waals surface area contributed by atoms with E-state index in [1.807, 2.05) is 13.8 Å². The van der Waals surface area contributed by atoms with E-state index in [9.17, 15) is 14.7 Å². The van der Waals surface area contributed by atoms with Crippen LogP contribution in [0.2, 0.25) is 10.0 Å². The molecule has 1 fully saturated rings. The van der Waals surface area contributed by atoms with E-state index in [1.165, 1.54) is 0 Å². The van der Waals surface area contributed by atoms with Gasteiger partial charge in [-0.05, 0) is 44.9 Å². The summed E-state index contributed by atoms with van der Waals surface area (Å²) in [6, 6.07) is 5.18. The molecule has 2 N–H and O–H groups in total. The highest BCUT2D eigenvalue weighted by atomic mass is 35.5. The van der Waals surface area contributed by atoms with Crippen molar-refractivity contribution in [3.63, 3.8) is 0 Å². The van der Waals surface area contributed by atoms with E-state index in [1.54, 1.807) is 22.9 Å². The molecule has 8 heteroatoms. The molecule has 0 atom stereocenters. The van der Waals surface area contributed by atoms with Gasteiger partial charge in [0.05, 0.1) is 27.8 Å². The molecule has 25 heavy (non-hydrogen) atoms. The monoisotopic (exact) mass is 381 g/mol. The maximum Gasteiger partial charge on any atom is 0.329 e. The van der Waals surface area contributed by atoms with Crippen molar-refractivity contribution in [1.29, 1.82) is 0 Å². The van der Waals surface area contributed by atoms with Gasteiger partial charge in [0.15, 0.2) is 0 Å². The minimum absolute atomic E-state index is 0.0774. The van der Waals surface area contributed by atoms with Crippen LogP contribution in [0.1, 0.15) is 29.8 Å². The van der Waals surface area contributed by atoms with Gasteiger partial charge in [0, 0.05) is 11.3 Å². The van der Waals surface area contributed by atoms with Crippen molar-refractivity contribution in [2.45, 2.75) is 38.6 Å². The molecule has 0 saturated heterocycles. The highest BCUT2D eigenvalue weighted by molar-refractivity contribution is 6.42. The Hall–Kier alpha value is -2.05. The molecule has 1 amide bonds. The van der Waals surface area contributed by atoms with Crippen molar-refractivity contribution < 1.29 is 14.7 Å². The average molecular weight is 382 g/mol. The summed E-state index contributed by atoms with van der Waals surface area (Å²) < 4.78 is 1.70. The smallest absolute Gasteiger partial charge is 0.329 e. The topological polar surface area (TPSA) is 84.2 Å². The number of aryl methyl sites for hydroxylation is 1. The standard InChI is InChI=1S/C17H17Cl2N3O3/c1-9-12(8-15(23)20-17(5-6-17)16(24)25)10(2)22(21-9)11-3-4-13(18)14(19)7-11/h3-4,7H,5-6,8H2,1-2H3,(H,20,23)(H,24,25). The van der Waals surface area contributed by atoms with E-state index in [0.717, 1.165) is 16.9 Å². The van der Waals surface area contributed by atoms with E-state index >= 15 is 0 Å². The summed E-state index contributed by atoms with van der Waals surface area (Å²) in [6.07, 6.45) is 1.01. The summed E-state index contributed by atoms with van der Waals surface area (Å²) in [6.45, 7) is 3.67. The van der Waals surface area contributed by atoms with Crippen molar-refractivity contribution in [3.8, 4) is 5.69 Å². The van der Waals surface area contributed by atoms with Crippen LogP contribution in [0.15, 0.2) is 18.2 Å². The fourth-order valence-corrected chi connectivity index (χ4v) is 3.08. The van der Waals surface area contributed by atoms with Crippen LogP contribution in [0, 0.1) is 13.8 Å². The lowest BCUT2D eigenvalue weighted by Gasteiger charge is -2.12. The lowest BCUT2D eigenvalue weighted by molar-refractivity contribution is -0.143. The van der Waals surface area contributed by atoms with Crippen molar-refractivity contribution in [2.75, 3.05) is 0 Å². The number of rotatable bonds is 5. The summed E-state index contributed by atoms with van der Waals surface area (Å²) in [5, 5.41) is 17.1. The van der Waals surface area contributed by atoms with Gasteiger partial charge in [-0.2, -0.15) is 5.10 Å². The Morgan fingerprint density at radius 2 is 1.96 bits per heavy atom. The number of benzene rings is 1. The molecular formula is C17H17Cl2N3O3. The summed E-state index contributed by atoms with van der Waals surface area (Å²) in [5.41, 5.74) is 1.93. The minimum Gasteiger partial charge on any atom is -0.480 e. The van der Waals surface area contributed by atoms with Crippen molar-refractivity contribution >= 4 is 35.1 Å². The third-order valence-electron chi connectivity index (χ3n) is 4.46. The van der Waals surface area contributed by atoms with Crippen LogP contribution in [-0.4, -0.2) is 32.3 Å². The van der Waals surface area contributed by atoms with Crippen LogP contribution in [0.5, 0.6) is 0 Å². The molecule has 1 aliphatic rings. The summed E-state index contributed by atoms with van der Waals surface area (Å²) in [5.74, 6) is -1.31. The molecule has 2 aromatic rings. The van der Waals surface area contributed by atoms with Gasteiger partial charge in [-0.25, -0.2) is 9.48 Å². The second-order valence-corrected chi connectivity index (χ2v) is 7.09. The summed E-state index contributed by atoms with van der Waals surface area (Å²) in [7, 11) is 0. The maximum absolute atomic E-state index is 12.3. The first kappa shape index (κ1) is 17.8. The number of amides is 1. The zero-order valence-corrected chi connectivity index (χ0v) is 15.3. The van der Waals surface area contributed by atoms with Crippen molar-refractivity contribution in [3.05, 3.63) is 45.2 Å². The van der Waals surface area contributed by atoms with Crippen LogP contribution in [-0.2, 0) is 16.0 Å². The number of carbonyl (C=O) groups excluding carboxylic acids is 1. The molecule has 1 aromatic heterocycles. The first-order chi connectivity index (χ1) is 11.7. The van der Waals surface area contributed by atoms with Crippen LogP contribution >= 0.6 is 23.2 Å². The number of hydrogen-bond acceptors (Lipinski definition) is 3. The first-order valence-electron chi connectivity index (χ1n) is 7.78. The lowest BCUT2D eigenvalue weighted by atomic mass is 10.1. The molecule has 3 rings (SSSR count). The number of nitrogens with zero attached hydrogens (tertiary/aromatic N) is 2. The Morgan fingerprint density at radius 1 is 1.28 bits per heavy atom. The molecule has 1 aliphatic carbocycles. The summed E-state index contributed by atoms with van der Waals surface area (Å²) >= 11 is 12.0. The average Bonchev–Trinajstić information content (AvgIpc) is 3.27. The third kappa shape index (κ3) is 3.37. The number of halogens is 2. The third-order valence-corrected chi connectivity index (χ3v) is 5.20. The number of carboxylic acid groups (broad SMARTS) is 1. The van der Waals surface area contributed by atoms with Gasteiger partial charge >= 0.3 is 5.97 Å². The molecule has 0 bridgehead atoms. The van der Waals surface area contributed by atoms with Gasteiger partial charge in [-0.1, -0.05) is 23.2 Å². The van der Waals surface area contributed by atoms with E-state index < -0.39 is 11.5 Å². The highest BCUT2D eigenvalue weighted by Crippen LogP contribution is 2.35. The van der Waals surface area contributed by atoms with Gasteiger partial charge in [-0.15, -0.1) is 0 Å². The Balaban J connectivity index is 1.83. The van der Waals surface area contributed by atoms with Gasteiger partial charge in [-0.3, -0.25) is 4.79 Å². The minimum atomic E-state index is -1.08. The molecule has 1 aromatic carbocycles. The molecular weight excluding hydrogens is 365 g/mol. The Morgan fingerprint density at radius 3 is 2.52 bits per heavy atom. The van der Waals surface area contributed by atoms with Crippen LogP contribution < -0.4 is 5.32 Å². The number of hydrogen-bond donors (Lipinski definition) is 2. The molecule has 1 heterocycles. The maximum atomic E-state index is 12.3. The highest BCUT2D eigenvalue weighted by Gasteiger charge is 2.51. The SMILES string of the molecule is Cc1nn(-c2ccc(Cl)c(Cl)c2)c(C)c1CC(=O)NC1(C(=O)O)CC1. The second kappa shape index (κ2) is 6.35. The van der Waals surface area contributed by atoms with E-state index in [0.29, 0.717) is 28.6 Å². The Bertz CT molecular complexity index is 872. The fourth-order valence-electron chi connectivity index (χ4n) is 2.79. The van der Waals surface area contributed by atoms with E-state index in [-0.39, 0.29) is 12.3 Å². The Kier molecular flexibility index (Phi) is 4.51. The van der Waals surface area contributed by atoms with Crippen LogP contribution in [0.3, 0.4) is 0 Å². The fraction of sp³-hybridized carbons (Fsp3) is 0.353. The molecule has 6 nitrogen and oxygen atoms in total. The zero-order valence-electron chi connectivity index (χ0n) is 13.8. The molecule has 0 radical (unpaired) electrons. The molecule has 1 saturated carbocycles. The predicted molar refractivity (Wildman–Crippen MR) is 94.5 cm³/mol. The normalized spacial score (nSPS) is 15.0. The first-order valence-corrected chi connectivity index (χ1v) is 8.54. The number of aliphatic carboxylic acids is 1. The lowest BCUT2D eigenvalue weighted by Crippen LogP contribution is -2.43. The van der Waals surface area contributed by atoms with Gasteiger partial charge in [0.1, 0.15) is 5.54 Å². The van der Waals surface area contributed by atoms with Crippen molar-refractivity contribution in [2.24, 2.45) is 0 Å². The van der Waals surface area contributed by atoms with Crippen molar-refractivity contribution in [1.82, 2.24) is 15.1 Å². The molecule has 132 valence electrons. The molecule has 0 spiro atoms. The number of nitrogens with one attached hydrogen (secondary N) is 1. The summed E-state index contributed by atoms with van der Waals surface area (Å²) in [4.78, 5) is 23.5. The number of carboxylic acids is 1. The quantitative estimate of drug-likeness (QED) is 0.833. The van der Waals surface area contributed by atoms with E-state index in [4.69, 9.17) is 23.2 Å². The largest absolute Gasteiger partial charge is 0.480 e. The van der Waals surface area contributed by atoms with E-state index in [2.05, 4.69) is 10.4 Å². The molecule has 0 aliphatic heterocycles. The van der Waals surface area contributed by atoms with Crippen LogP contribution in [0.25, 0.3) is 5.69 Å². The predicted octanol–water partition coefficient (Wildman–Crippen LogP) is 3.07. The Labute approximate surface area is 154 Å².